The van der Waals surface area contributed by atoms with Gasteiger partial charge in [0.15, 0.2) is 11.6 Å². The highest BCUT2D eigenvalue weighted by molar-refractivity contribution is 7.15. The van der Waals surface area contributed by atoms with Crippen molar-refractivity contribution in [2.45, 2.75) is 32.4 Å². The Morgan fingerprint density at radius 1 is 1.42 bits per heavy atom. The van der Waals surface area contributed by atoms with Gasteiger partial charge in [0.25, 0.3) is 0 Å². The molecule has 0 aliphatic rings. The molecule has 0 aromatic carbocycles. The van der Waals surface area contributed by atoms with Crippen molar-refractivity contribution in [1.82, 2.24) is 24.7 Å². The molecule has 0 saturated carbocycles. The molecule has 3 aromatic rings. The molecule has 3 heterocycles. The summed E-state index contributed by atoms with van der Waals surface area (Å²) in [5.41, 5.74) is -1.36. The van der Waals surface area contributed by atoms with Crippen LogP contribution in [0.2, 0.25) is 0 Å². The van der Waals surface area contributed by atoms with Crippen molar-refractivity contribution in [1.29, 1.82) is 0 Å². The summed E-state index contributed by atoms with van der Waals surface area (Å²) in [7, 11) is 0. The summed E-state index contributed by atoms with van der Waals surface area (Å²) in [6, 6.07) is 3.67. The van der Waals surface area contributed by atoms with Crippen molar-refractivity contribution in [3.05, 3.63) is 45.7 Å². The second kappa shape index (κ2) is 6.11. The van der Waals surface area contributed by atoms with Crippen molar-refractivity contribution in [2.24, 2.45) is 0 Å². The maximum Gasteiger partial charge on any atom is 0.340 e. The molecule has 8 heteroatoms. The largest absolute Gasteiger partial charge is 0.378 e. The van der Waals surface area contributed by atoms with E-state index in [1.54, 1.807) is 20.0 Å². The molecule has 24 heavy (non-hydrogen) atoms. The average Bonchev–Trinajstić information content (AvgIpc) is 3.23. The Morgan fingerprint density at radius 3 is 2.88 bits per heavy atom. The first-order valence-electron chi connectivity index (χ1n) is 7.37. The fraction of sp³-hybridized carbons (Fsp3) is 0.312. The van der Waals surface area contributed by atoms with Crippen LogP contribution >= 0.6 is 11.3 Å². The predicted octanol–water partition coefficient (Wildman–Crippen LogP) is 1.75. The van der Waals surface area contributed by atoms with Gasteiger partial charge in [0, 0.05) is 12.4 Å². The molecule has 0 aliphatic heterocycles. The summed E-state index contributed by atoms with van der Waals surface area (Å²) in [6.07, 6.45) is 3.55. The number of imidazole rings is 1. The Balaban J connectivity index is 1.92. The molecule has 0 radical (unpaired) electrons. The second-order valence-corrected chi connectivity index (χ2v) is 6.95. The molecule has 3 rings (SSSR count). The number of aromatic nitrogens is 5. The average molecular weight is 343 g/mol. The quantitative estimate of drug-likeness (QED) is 0.631. The molecule has 0 aliphatic carbocycles. The van der Waals surface area contributed by atoms with Crippen LogP contribution in [0.5, 0.6) is 0 Å². The number of rotatable bonds is 3. The third-order valence-corrected chi connectivity index (χ3v) is 4.32. The lowest BCUT2D eigenvalue weighted by Crippen LogP contribution is -2.14. The topological polar surface area (TPSA) is 99.6 Å². The second-order valence-electron chi connectivity index (χ2n) is 5.87. The molecular weight excluding hydrogens is 326 g/mol. The maximum atomic E-state index is 11.2. The number of hydrogen-bond acceptors (Lipinski definition) is 5. The van der Waals surface area contributed by atoms with E-state index in [2.05, 4.69) is 32.0 Å². The van der Waals surface area contributed by atoms with E-state index in [0.29, 0.717) is 5.82 Å². The summed E-state index contributed by atoms with van der Waals surface area (Å²) in [4.78, 5) is 20.1. The van der Waals surface area contributed by atoms with Crippen LogP contribution < -0.4 is 5.69 Å². The highest BCUT2D eigenvalue weighted by Crippen LogP contribution is 2.29. The van der Waals surface area contributed by atoms with Gasteiger partial charge in [-0.25, -0.2) is 14.9 Å². The minimum atomic E-state index is -1.02. The van der Waals surface area contributed by atoms with Gasteiger partial charge in [-0.1, -0.05) is 11.8 Å². The number of hydrogen-bond donors (Lipinski definition) is 3. The van der Waals surface area contributed by atoms with Gasteiger partial charge in [0.2, 0.25) is 0 Å². The van der Waals surface area contributed by atoms with Crippen LogP contribution in [0.3, 0.4) is 0 Å². The number of H-pyrrole nitrogens is 2. The molecule has 0 amide bonds. The Bertz CT molecular complexity index is 961. The Kier molecular flexibility index (Phi) is 4.13. The lowest BCUT2D eigenvalue weighted by atomic mass is 10.1. The fourth-order valence-corrected chi connectivity index (χ4v) is 3.03. The zero-order valence-electron chi connectivity index (χ0n) is 13.5. The summed E-state index contributed by atoms with van der Waals surface area (Å²) in [5.74, 6) is 7.08. The molecule has 0 bridgehead atoms. The summed E-state index contributed by atoms with van der Waals surface area (Å²) in [6.45, 7) is 5.22. The van der Waals surface area contributed by atoms with Crippen molar-refractivity contribution in [3.8, 4) is 22.5 Å². The van der Waals surface area contributed by atoms with Crippen molar-refractivity contribution >= 4 is 11.3 Å². The van der Waals surface area contributed by atoms with E-state index in [0.717, 1.165) is 15.6 Å². The highest BCUT2D eigenvalue weighted by Gasteiger charge is 2.17. The lowest BCUT2D eigenvalue weighted by Gasteiger charge is -2.12. The van der Waals surface area contributed by atoms with E-state index in [4.69, 9.17) is 0 Å². The van der Waals surface area contributed by atoms with Crippen LogP contribution in [0, 0.1) is 11.8 Å². The molecule has 1 atom stereocenters. The van der Waals surface area contributed by atoms with E-state index >= 15 is 0 Å². The Morgan fingerprint density at radius 2 is 2.21 bits per heavy atom. The molecule has 0 spiro atoms. The molecular formula is C16H17N5O2S. The number of nitrogens with one attached hydrogen (secondary N) is 2. The smallest absolute Gasteiger partial charge is 0.340 e. The summed E-state index contributed by atoms with van der Waals surface area (Å²) >= 11 is 1.50. The van der Waals surface area contributed by atoms with Gasteiger partial charge in [-0.3, -0.25) is 4.98 Å². The molecule has 124 valence electrons. The van der Waals surface area contributed by atoms with E-state index < -0.39 is 5.60 Å². The van der Waals surface area contributed by atoms with Crippen LogP contribution in [0.4, 0.5) is 0 Å². The Labute approximate surface area is 142 Å². The van der Waals surface area contributed by atoms with Gasteiger partial charge in [-0.15, -0.1) is 11.3 Å². The number of aliphatic hydroxyl groups is 1. The molecule has 3 N–H and O–H groups in total. The van der Waals surface area contributed by atoms with Crippen LogP contribution in [0.1, 0.15) is 37.5 Å². The van der Waals surface area contributed by atoms with Gasteiger partial charge in [0.1, 0.15) is 5.60 Å². The number of thiophene rings is 1. The van der Waals surface area contributed by atoms with Crippen LogP contribution in [-0.4, -0.2) is 35.4 Å². The van der Waals surface area contributed by atoms with Gasteiger partial charge < -0.3 is 9.67 Å². The third kappa shape index (κ3) is 3.48. The zero-order valence-corrected chi connectivity index (χ0v) is 14.3. The van der Waals surface area contributed by atoms with E-state index in [9.17, 15) is 9.90 Å². The van der Waals surface area contributed by atoms with Crippen LogP contribution in [-0.2, 0) is 0 Å². The normalized spacial score (nSPS) is 12.7. The van der Waals surface area contributed by atoms with Crippen LogP contribution in [0.25, 0.3) is 10.7 Å². The van der Waals surface area contributed by atoms with Gasteiger partial charge in [0.05, 0.1) is 15.8 Å². The SMILES string of the molecule is CC(c1n[nH]c(=O)[nH]1)n1ccnc1-c1ccc(C#CC(C)(C)O)s1. The van der Waals surface area contributed by atoms with Crippen LogP contribution in [0.15, 0.2) is 29.3 Å². The minimum absolute atomic E-state index is 0.172. The van der Waals surface area contributed by atoms with Gasteiger partial charge in [-0.2, -0.15) is 5.10 Å². The lowest BCUT2D eigenvalue weighted by molar-refractivity contribution is 0.143. The number of nitrogens with zero attached hydrogens (tertiary/aromatic N) is 3. The van der Waals surface area contributed by atoms with Gasteiger partial charge >= 0.3 is 5.69 Å². The molecule has 3 aromatic heterocycles. The molecule has 1 unspecified atom stereocenters. The monoisotopic (exact) mass is 343 g/mol. The first-order chi connectivity index (χ1) is 11.3. The fourth-order valence-electron chi connectivity index (χ4n) is 2.17. The maximum absolute atomic E-state index is 11.2. The first kappa shape index (κ1) is 16.2. The van der Waals surface area contributed by atoms with Gasteiger partial charge in [-0.05, 0) is 32.9 Å². The first-order valence-corrected chi connectivity index (χ1v) is 8.18. The standard InChI is InChI=1S/C16H17N5O2S/c1-10(13-18-15(22)20-19-13)21-9-8-17-14(21)12-5-4-11(24-12)6-7-16(2,3)23/h4-5,8-10,23H,1-3H3,(H2,18,19,20,22). The predicted molar refractivity (Wildman–Crippen MR) is 91.7 cm³/mol. The van der Waals surface area contributed by atoms with E-state index in [1.165, 1.54) is 11.3 Å². The van der Waals surface area contributed by atoms with Crippen molar-refractivity contribution < 1.29 is 5.11 Å². The number of aromatic amines is 2. The molecule has 0 saturated heterocycles. The van der Waals surface area contributed by atoms with Crippen molar-refractivity contribution in [3.63, 3.8) is 0 Å². The molecule has 0 fully saturated rings. The third-order valence-electron chi connectivity index (χ3n) is 3.32. The van der Waals surface area contributed by atoms with Crippen molar-refractivity contribution in [2.75, 3.05) is 0 Å². The summed E-state index contributed by atoms with van der Waals surface area (Å²) < 4.78 is 1.94. The summed E-state index contributed by atoms with van der Waals surface area (Å²) in [5, 5.41) is 16.0. The highest BCUT2D eigenvalue weighted by atomic mass is 32.1. The minimum Gasteiger partial charge on any atom is -0.378 e. The van der Waals surface area contributed by atoms with E-state index in [1.807, 2.05) is 29.8 Å². The zero-order chi connectivity index (χ0) is 17.3. The Hall–Kier alpha value is -2.63. The molecule has 7 nitrogen and oxygen atoms in total. The van der Waals surface area contributed by atoms with E-state index in [-0.39, 0.29) is 11.7 Å².